The molecule has 3 heteroatoms. The fourth-order valence-electron chi connectivity index (χ4n) is 1.09. The van der Waals surface area contributed by atoms with Crippen molar-refractivity contribution >= 4 is 11.6 Å². The average molecular weight is 221 g/mol. The van der Waals surface area contributed by atoms with Crippen LogP contribution in [0.2, 0.25) is 5.02 Å². The molecule has 0 aromatic heterocycles. The molecule has 76 valence electrons. The van der Waals surface area contributed by atoms with Crippen LogP contribution in [-0.4, -0.2) is 0 Å². The summed E-state index contributed by atoms with van der Waals surface area (Å²) >= 11 is 5.79. The van der Waals surface area contributed by atoms with E-state index in [4.69, 9.17) is 21.4 Å². The Labute approximate surface area is 92.9 Å². The molecule has 0 aliphatic carbocycles. The SMILES string of the molecule is Clc1cccc(OOc2ccccc2)c1. The predicted molar refractivity (Wildman–Crippen MR) is 59.2 cm³/mol. The van der Waals surface area contributed by atoms with Crippen molar-refractivity contribution in [1.29, 1.82) is 0 Å². The Morgan fingerprint density at radius 3 is 2.13 bits per heavy atom. The highest BCUT2D eigenvalue weighted by atomic mass is 35.5. The van der Waals surface area contributed by atoms with E-state index in [1.165, 1.54) is 0 Å². The van der Waals surface area contributed by atoms with Gasteiger partial charge in [-0.1, -0.05) is 35.9 Å². The molecule has 2 aromatic rings. The van der Waals surface area contributed by atoms with Crippen LogP contribution in [0, 0.1) is 0 Å². The molecule has 0 spiro atoms. The van der Waals surface area contributed by atoms with Crippen LogP contribution in [0.1, 0.15) is 0 Å². The lowest BCUT2D eigenvalue weighted by molar-refractivity contribution is -0.0999. The van der Waals surface area contributed by atoms with Crippen molar-refractivity contribution < 1.29 is 9.78 Å². The van der Waals surface area contributed by atoms with Gasteiger partial charge in [0, 0.05) is 11.1 Å². The molecule has 0 aliphatic rings. The topological polar surface area (TPSA) is 18.5 Å². The van der Waals surface area contributed by atoms with Crippen molar-refractivity contribution in [3.63, 3.8) is 0 Å². The number of para-hydroxylation sites is 1. The molecule has 0 heterocycles. The van der Waals surface area contributed by atoms with E-state index in [1.807, 2.05) is 30.3 Å². The summed E-state index contributed by atoms with van der Waals surface area (Å²) < 4.78 is 0. The van der Waals surface area contributed by atoms with E-state index >= 15 is 0 Å². The van der Waals surface area contributed by atoms with Crippen molar-refractivity contribution in [2.24, 2.45) is 0 Å². The highest BCUT2D eigenvalue weighted by Crippen LogP contribution is 2.18. The summed E-state index contributed by atoms with van der Waals surface area (Å²) in [4.78, 5) is 10.2. The van der Waals surface area contributed by atoms with Crippen molar-refractivity contribution in [1.82, 2.24) is 0 Å². The second-order valence-electron chi connectivity index (χ2n) is 2.94. The summed E-state index contributed by atoms with van der Waals surface area (Å²) in [5.74, 6) is 1.23. The van der Waals surface area contributed by atoms with E-state index in [9.17, 15) is 0 Å². The lowest BCUT2D eigenvalue weighted by atomic mass is 10.3. The van der Waals surface area contributed by atoms with E-state index in [-0.39, 0.29) is 0 Å². The quantitative estimate of drug-likeness (QED) is 0.580. The molecule has 2 aromatic carbocycles. The van der Waals surface area contributed by atoms with Gasteiger partial charge < -0.3 is 0 Å². The van der Waals surface area contributed by atoms with Gasteiger partial charge in [0.05, 0.1) is 0 Å². The summed E-state index contributed by atoms with van der Waals surface area (Å²) in [7, 11) is 0. The molecular formula is C12H9ClO2. The Morgan fingerprint density at radius 1 is 0.733 bits per heavy atom. The van der Waals surface area contributed by atoms with Crippen LogP contribution in [-0.2, 0) is 0 Å². The van der Waals surface area contributed by atoms with Crippen LogP contribution in [0.4, 0.5) is 0 Å². The van der Waals surface area contributed by atoms with Gasteiger partial charge in [0.15, 0.2) is 11.5 Å². The molecule has 0 N–H and O–H groups in total. The minimum atomic E-state index is 0.575. The lowest BCUT2D eigenvalue weighted by Crippen LogP contribution is -1.99. The van der Waals surface area contributed by atoms with Gasteiger partial charge in [0.25, 0.3) is 0 Å². The van der Waals surface area contributed by atoms with Gasteiger partial charge in [0.1, 0.15) is 0 Å². The molecular weight excluding hydrogens is 212 g/mol. The Bertz CT molecular complexity index is 429. The zero-order chi connectivity index (χ0) is 10.5. The summed E-state index contributed by atoms with van der Waals surface area (Å²) in [6.07, 6.45) is 0. The van der Waals surface area contributed by atoms with E-state index < -0.39 is 0 Å². The molecule has 15 heavy (non-hydrogen) atoms. The summed E-state index contributed by atoms with van der Waals surface area (Å²) in [6.45, 7) is 0. The number of benzene rings is 2. The molecule has 0 unspecified atom stereocenters. The number of halogens is 1. The number of hydrogen-bond acceptors (Lipinski definition) is 2. The first-order valence-corrected chi connectivity index (χ1v) is 4.87. The summed E-state index contributed by atoms with van der Waals surface area (Å²) in [5, 5.41) is 0.615. The van der Waals surface area contributed by atoms with Crippen LogP contribution in [0.5, 0.6) is 11.5 Å². The Kier molecular flexibility index (Phi) is 3.10. The lowest BCUT2D eigenvalue weighted by Gasteiger charge is -2.05. The number of rotatable bonds is 3. The van der Waals surface area contributed by atoms with Crippen LogP contribution >= 0.6 is 11.6 Å². The first-order valence-electron chi connectivity index (χ1n) is 4.50. The predicted octanol–water partition coefficient (Wildman–Crippen LogP) is 3.71. The second-order valence-corrected chi connectivity index (χ2v) is 3.37. The third-order valence-corrected chi connectivity index (χ3v) is 2.01. The maximum Gasteiger partial charge on any atom is 0.180 e. The van der Waals surface area contributed by atoms with Gasteiger partial charge >= 0.3 is 0 Å². The van der Waals surface area contributed by atoms with Crippen LogP contribution in [0.3, 0.4) is 0 Å². The molecule has 2 rings (SSSR count). The van der Waals surface area contributed by atoms with Gasteiger partial charge in [-0.05, 0) is 24.3 Å². The maximum atomic E-state index is 5.79. The first-order chi connectivity index (χ1) is 7.34. The first kappa shape index (κ1) is 9.87. The zero-order valence-electron chi connectivity index (χ0n) is 7.89. The Morgan fingerprint density at radius 2 is 1.40 bits per heavy atom. The van der Waals surface area contributed by atoms with Crippen LogP contribution in [0.25, 0.3) is 0 Å². The molecule has 0 amide bonds. The highest BCUT2D eigenvalue weighted by Gasteiger charge is 1.97. The van der Waals surface area contributed by atoms with Gasteiger partial charge in [-0.25, -0.2) is 0 Å². The minimum absolute atomic E-state index is 0.575. The number of hydrogen-bond donors (Lipinski definition) is 0. The van der Waals surface area contributed by atoms with Gasteiger partial charge in [-0.3, -0.25) is 9.78 Å². The molecule has 0 saturated carbocycles. The average Bonchev–Trinajstić information content (AvgIpc) is 2.28. The third kappa shape index (κ3) is 2.89. The molecule has 0 radical (unpaired) electrons. The molecule has 0 aliphatic heterocycles. The van der Waals surface area contributed by atoms with Crippen LogP contribution in [0.15, 0.2) is 54.6 Å². The van der Waals surface area contributed by atoms with Crippen molar-refractivity contribution in [2.45, 2.75) is 0 Å². The minimum Gasteiger partial charge on any atom is -0.290 e. The standard InChI is InChI=1S/C12H9ClO2/c13-10-5-4-8-12(9-10)15-14-11-6-2-1-3-7-11/h1-9H. The zero-order valence-corrected chi connectivity index (χ0v) is 8.65. The largest absolute Gasteiger partial charge is 0.290 e. The van der Waals surface area contributed by atoms with Crippen molar-refractivity contribution in [3.8, 4) is 11.5 Å². The van der Waals surface area contributed by atoms with Gasteiger partial charge in [-0.15, -0.1) is 0 Å². The molecule has 0 fully saturated rings. The summed E-state index contributed by atoms with van der Waals surface area (Å²) in [6, 6.07) is 16.3. The smallest absolute Gasteiger partial charge is 0.180 e. The van der Waals surface area contributed by atoms with Gasteiger partial charge in [-0.2, -0.15) is 0 Å². The fraction of sp³-hybridized carbons (Fsp3) is 0. The fourth-order valence-corrected chi connectivity index (χ4v) is 1.27. The molecule has 0 bridgehead atoms. The van der Waals surface area contributed by atoms with E-state index in [0.29, 0.717) is 16.5 Å². The maximum absolute atomic E-state index is 5.79. The summed E-state index contributed by atoms with van der Waals surface area (Å²) in [5.41, 5.74) is 0. The van der Waals surface area contributed by atoms with Gasteiger partial charge in [0.2, 0.25) is 0 Å². The molecule has 0 saturated heterocycles. The Balaban J connectivity index is 1.99. The van der Waals surface area contributed by atoms with Crippen molar-refractivity contribution in [3.05, 3.63) is 59.6 Å². The van der Waals surface area contributed by atoms with E-state index in [2.05, 4.69) is 0 Å². The van der Waals surface area contributed by atoms with Crippen LogP contribution < -0.4 is 9.78 Å². The third-order valence-electron chi connectivity index (χ3n) is 1.77. The second kappa shape index (κ2) is 4.71. The normalized spacial score (nSPS) is 9.67. The molecule has 2 nitrogen and oxygen atoms in total. The van der Waals surface area contributed by atoms with Crippen molar-refractivity contribution in [2.75, 3.05) is 0 Å². The monoisotopic (exact) mass is 220 g/mol. The van der Waals surface area contributed by atoms with E-state index in [0.717, 1.165) is 0 Å². The molecule has 0 atom stereocenters. The Hall–Kier alpha value is -1.67. The highest BCUT2D eigenvalue weighted by molar-refractivity contribution is 6.30. The van der Waals surface area contributed by atoms with E-state index in [1.54, 1.807) is 24.3 Å².